The van der Waals surface area contributed by atoms with E-state index in [1.807, 2.05) is 0 Å². The van der Waals surface area contributed by atoms with Crippen LogP contribution in [0.5, 0.6) is 0 Å². The highest BCUT2D eigenvalue weighted by molar-refractivity contribution is 7.89. The zero-order valence-corrected chi connectivity index (χ0v) is 11.9. The quantitative estimate of drug-likeness (QED) is 0.757. The number of thiophene rings is 1. The summed E-state index contributed by atoms with van der Waals surface area (Å²) in [6.45, 7) is 0.174. The number of rotatable bonds is 7. The van der Waals surface area contributed by atoms with Crippen molar-refractivity contribution in [3.63, 3.8) is 0 Å². The molecule has 0 bridgehead atoms. The summed E-state index contributed by atoms with van der Waals surface area (Å²) >= 11 is 1.28. The van der Waals surface area contributed by atoms with Gasteiger partial charge >= 0.3 is 6.18 Å². The van der Waals surface area contributed by atoms with E-state index in [2.05, 4.69) is 10.0 Å². The lowest BCUT2D eigenvalue weighted by Gasteiger charge is -2.09. The van der Waals surface area contributed by atoms with Gasteiger partial charge in [0.2, 0.25) is 10.0 Å². The number of hydrogen-bond donors (Lipinski definition) is 2. The van der Waals surface area contributed by atoms with Crippen molar-refractivity contribution in [2.24, 2.45) is 0 Å². The van der Waals surface area contributed by atoms with Gasteiger partial charge in [0, 0.05) is 24.4 Å². The van der Waals surface area contributed by atoms with Gasteiger partial charge in [-0.25, -0.2) is 13.1 Å². The third kappa shape index (κ3) is 5.47. The first kappa shape index (κ1) is 16.4. The average molecular weight is 316 g/mol. The molecule has 0 saturated carbocycles. The van der Waals surface area contributed by atoms with E-state index in [1.165, 1.54) is 17.4 Å². The van der Waals surface area contributed by atoms with Crippen LogP contribution in [0.3, 0.4) is 0 Å². The average Bonchev–Trinajstić information content (AvgIpc) is 2.73. The Hall–Kier alpha value is -0.640. The van der Waals surface area contributed by atoms with Gasteiger partial charge in [0.15, 0.2) is 0 Å². The molecule has 9 heteroatoms. The Kier molecular flexibility index (Phi) is 5.78. The molecule has 110 valence electrons. The van der Waals surface area contributed by atoms with Gasteiger partial charge in [-0.3, -0.25) is 0 Å². The third-order valence-electron chi connectivity index (χ3n) is 2.26. The smallest absolute Gasteiger partial charge is 0.315 e. The molecule has 0 aliphatic rings. The molecule has 0 spiro atoms. The van der Waals surface area contributed by atoms with Crippen LogP contribution in [0.4, 0.5) is 13.2 Å². The molecule has 0 aliphatic carbocycles. The molecule has 4 nitrogen and oxygen atoms in total. The Balaban J connectivity index is 2.58. The summed E-state index contributed by atoms with van der Waals surface area (Å²) in [4.78, 5) is 0.754. The molecular formula is C10H15F3N2O2S2. The molecule has 0 amide bonds. The molecule has 2 N–H and O–H groups in total. The minimum atomic E-state index is -4.26. The second-order valence-electron chi connectivity index (χ2n) is 3.85. The molecular weight excluding hydrogens is 301 g/mol. The summed E-state index contributed by atoms with van der Waals surface area (Å²) in [5.41, 5.74) is 0. The first-order valence-electron chi connectivity index (χ1n) is 5.53. The maximum atomic E-state index is 11.9. The molecule has 0 aromatic carbocycles. The molecule has 0 unspecified atom stereocenters. The van der Waals surface area contributed by atoms with Crippen LogP contribution >= 0.6 is 11.3 Å². The predicted octanol–water partition coefficient (Wildman–Crippen LogP) is 2.09. The van der Waals surface area contributed by atoms with Crippen molar-refractivity contribution in [1.29, 1.82) is 0 Å². The first-order valence-corrected chi connectivity index (χ1v) is 7.90. The highest BCUT2D eigenvalue weighted by Crippen LogP contribution is 2.23. The van der Waals surface area contributed by atoms with Crippen molar-refractivity contribution in [1.82, 2.24) is 10.0 Å². The van der Waals surface area contributed by atoms with E-state index in [1.54, 1.807) is 12.4 Å². The Morgan fingerprint density at radius 3 is 2.63 bits per heavy atom. The minimum Gasteiger partial charge on any atom is -0.315 e. The molecule has 1 rings (SSSR count). The van der Waals surface area contributed by atoms with Gasteiger partial charge in [0.1, 0.15) is 0 Å². The minimum absolute atomic E-state index is 0.124. The fourth-order valence-corrected chi connectivity index (χ4v) is 3.96. The van der Waals surface area contributed by atoms with Gasteiger partial charge in [-0.1, -0.05) is 0 Å². The zero-order valence-electron chi connectivity index (χ0n) is 10.3. The molecule has 1 aromatic heterocycles. The van der Waals surface area contributed by atoms with Gasteiger partial charge in [-0.15, -0.1) is 11.3 Å². The summed E-state index contributed by atoms with van der Waals surface area (Å²) in [5.74, 6) is 0. The molecule has 0 aliphatic heterocycles. The van der Waals surface area contributed by atoms with E-state index in [4.69, 9.17) is 0 Å². The van der Waals surface area contributed by atoms with Crippen LogP contribution in [0.15, 0.2) is 16.3 Å². The van der Waals surface area contributed by atoms with Crippen molar-refractivity contribution in [2.75, 3.05) is 13.6 Å². The van der Waals surface area contributed by atoms with Crippen LogP contribution in [0, 0.1) is 0 Å². The standard InChI is InChI=1S/C10H15F3N2O2S2/c1-14-7-8-9(3-6-18-8)19(16,17)15-5-2-4-10(11,12)13/h3,6,14-15H,2,4-5,7H2,1H3. The molecule has 19 heavy (non-hydrogen) atoms. The Morgan fingerprint density at radius 1 is 1.37 bits per heavy atom. The number of alkyl halides is 3. The monoisotopic (exact) mass is 316 g/mol. The van der Waals surface area contributed by atoms with E-state index < -0.39 is 22.6 Å². The van der Waals surface area contributed by atoms with Gasteiger partial charge < -0.3 is 5.32 Å². The molecule has 0 saturated heterocycles. The summed E-state index contributed by atoms with van der Waals surface area (Å²) in [6.07, 6.45) is -5.53. The normalized spacial score (nSPS) is 12.8. The second kappa shape index (κ2) is 6.69. The Labute approximate surface area is 114 Å². The van der Waals surface area contributed by atoms with Crippen LogP contribution in [0.2, 0.25) is 0 Å². The van der Waals surface area contributed by atoms with Gasteiger partial charge in [0.05, 0.1) is 4.90 Å². The second-order valence-corrected chi connectivity index (χ2v) is 6.59. The Morgan fingerprint density at radius 2 is 2.05 bits per heavy atom. The van der Waals surface area contributed by atoms with Crippen LogP contribution in [0.1, 0.15) is 17.7 Å². The number of hydrogen-bond acceptors (Lipinski definition) is 4. The lowest BCUT2D eigenvalue weighted by atomic mass is 10.3. The van der Waals surface area contributed by atoms with E-state index in [0.717, 1.165) is 0 Å². The van der Waals surface area contributed by atoms with E-state index in [9.17, 15) is 21.6 Å². The van der Waals surface area contributed by atoms with Crippen LogP contribution < -0.4 is 10.0 Å². The summed E-state index contributed by atoms with van der Waals surface area (Å²) in [7, 11) is -2.05. The Bertz CT molecular complexity index is 497. The van der Waals surface area contributed by atoms with Crippen molar-refractivity contribution < 1.29 is 21.6 Å². The van der Waals surface area contributed by atoms with E-state index in [0.29, 0.717) is 11.4 Å². The third-order valence-corrected chi connectivity index (χ3v) is 4.86. The number of halogens is 3. The van der Waals surface area contributed by atoms with E-state index in [-0.39, 0.29) is 17.9 Å². The molecule has 1 aromatic rings. The SMILES string of the molecule is CNCc1sccc1S(=O)(=O)NCCCC(F)(F)F. The highest BCUT2D eigenvalue weighted by Gasteiger charge is 2.26. The van der Waals surface area contributed by atoms with Crippen molar-refractivity contribution in [2.45, 2.75) is 30.5 Å². The van der Waals surface area contributed by atoms with Crippen LogP contribution in [-0.4, -0.2) is 28.2 Å². The fraction of sp³-hybridized carbons (Fsp3) is 0.600. The number of nitrogens with one attached hydrogen (secondary N) is 2. The summed E-state index contributed by atoms with van der Waals surface area (Å²) in [5, 5.41) is 4.48. The van der Waals surface area contributed by atoms with Crippen molar-refractivity contribution in [3.8, 4) is 0 Å². The van der Waals surface area contributed by atoms with Gasteiger partial charge in [-0.2, -0.15) is 13.2 Å². The fourth-order valence-electron chi connectivity index (χ4n) is 1.43. The topological polar surface area (TPSA) is 58.2 Å². The van der Waals surface area contributed by atoms with Crippen LogP contribution in [0.25, 0.3) is 0 Å². The highest BCUT2D eigenvalue weighted by atomic mass is 32.2. The maximum absolute atomic E-state index is 11.9. The van der Waals surface area contributed by atoms with Gasteiger partial charge in [0.25, 0.3) is 0 Å². The molecule has 1 heterocycles. The molecule has 0 atom stereocenters. The largest absolute Gasteiger partial charge is 0.389 e. The molecule has 0 fully saturated rings. The maximum Gasteiger partial charge on any atom is 0.389 e. The molecule has 0 radical (unpaired) electrons. The van der Waals surface area contributed by atoms with Crippen molar-refractivity contribution >= 4 is 21.4 Å². The van der Waals surface area contributed by atoms with E-state index >= 15 is 0 Å². The first-order chi connectivity index (χ1) is 8.76. The summed E-state index contributed by atoms with van der Waals surface area (Å²) in [6, 6.07) is 1.45. The lowest BCUT2D eigenvalue weighted by Crippen LogP contribution is -2.26. The predicted molar refractivity (Wildman–Crippen MR) is 67.6 cm³/mol. The lowest BCUT2D eigenvalue weighted by molar-refractivity contribution is -0.135. The summed E-state index contributed by atoms with van der Waals surface area (Å²) < 4.78 is 61.8. The zero-order chi connectivity index (χ0) is 14.5. The van der Waals surface area contributed by atoms with Crippen LogP contribution in [-0.2, 0) is 16.6 Å². The van der Waals surface area contributed by atoms with Gasteiger partial charge in [-0.05, 0) is 24.9 Å². The number of sulfonamides is 1. The van der Waals surface area contributed by atoms with Crippen molar-refractivity contribution in [3.05, 3.63) is 16.3 Å².